The molecule has 4 heteroatoms. The van der Waals surface area contributed by atoms with Crippen molar-refractivity contribution < 1.29 is 9.47 Å². The SMILES string of the molecule is COc1ccnc(CN[C@@H](C)c2ccccc2)c1OC. The number of aromatic nitrogens is 1. The van der Waals surface area contributed by atoms with E-state index in [9.17, 15) is 0 Å². The maximum Gasteiger partial charge on any atom is 0.183 e. The fourth-order valence-electron chi connectivity index (χ4n) is 2.09. The third-order valence-corrected chi connectivity index (χ3v) is 3.24. The van der Waals surface area contributed by atoms with Gasteiger partial charge in [-0.3, -0.25) is 4.98 Å². The molecule has 4 nitrogen and oxygen atoms in total. The molecular formula is C16H20N2O2. The molecule has 1 atom stereocenters. The molecular weight excluding hydrogens is 252 g/mol. The average Bonchev–Trinajstić information content (AvgIpc) is 2.52. The summed E-state index contributed by atoms with van der Waals surface area (Å²) in [7, 11) is 3.26. The van der Waals surface area contributed by atoms with E-state index in [0.29, 0.717) is 18.0 Å². The zero-order valence-corrected chi connectivity index (χ0v) is 12.1. The van der Waals surface area contributed by atoms with Crippen LogP contribution < -0.4 is 14.8 Å². The highest BCUT2D eigenvalue weighted by molar-refractivity contribution is 5.42. The second-order valence-corrected chi connectivity index (χ2v) is 4.51. The number of benzene rings is 1. The summed E-state index contributed by atoms with van der Waals surface area (Å²) in [6.07, 6.45) is 1.73. The zero-order chi connectivity index (χ0) is 14.4. The van der Waals surface area contributed by atoms with Crippen LogP contribution in [0.2, 0.25) is 0 Å². The van der Waals surface area contributed by atoms with Crippen LogP contribution in [0.5, 0.6) is 11.5 Å². The van der Waals surface area contributed by atoms with Crippen LogP contribution in [0.3, 0.4) is 0 Å². The lowest BCUT2D eigenvalue weighted by molar-refractivity contribution is 0.347. The van der Waals surface area contributed by atoms with Crippen LogP contribution in [0.25, 0.3) is 0 Å². The van der Waals surface area contributed by atoms with Crippen molar-refractivity contribution in [1.82, 2.24) is 10.3 Å². The van der Waals surface area contributed by atoms with Crippen LogP contribution in [0, 0.1) is 0 Å². The molecule has 1 aromatic carbocycles. The van der Waals surface area contributed by atoms with Gasteiger partial charge in [-0.05, 0) is 12.5 Å². The van der Waals surface area contributed by atoms with Gasteiger partial charge in [-0.1, -0.05) is 30.3 Å². The van der Waals surface area contributed by atoms with Gasteiger partial charge in [0.1, 0.15) is 0 Å². The van der Waals surface area contributed by atoms with E-state index >= 15 is 0 Å². The predicted octanol–water partition coefficient (Wildman–Crippen LogP) is 2.95. The van der Waals surface area contributed by atoms with E-state index in [2.05, 4.69) is 29.4 Å². The van der Waals surface area contributed by atoms with Gasteiger partial charge < -0.3 is 14.8 Å². The number of pyridine rings is 1. The van der Waals surface area contributed by atoms with Crippen LogP contribution in [0.4, 0.5) is 0 Å². The number of nitrogens with one attached hydrogen (secondary N) is 1. The van der Waals surface area contributed by atoms with E-state index in [1.807, 2.05) is 18.2 Å². The quantitative estimate of drug-likeness (QED) is 0.878. The van der Waals surface area contributed by atoms with Crippen molar-refractivity contribution in [2.75, 3.05) is 14.2 Å². The van der Waals surface area contributed by atoms with Crippen molar-refractivity contribution in [1.29, 1.82) is 0 Å². The first-order valence-corrected chi connectivity index (χ1v) is 6.60. The summed E-state index contributed by atoms with van der Waals surface area (Å²) in [5, 5.41) is 3.44. The maximum absolute atomic E-state index is 5.38. The third kappa shape index (κ3) is 3.27. The van der Waals surface area contributed by atoms with Gasteiger partial charge in [0, 0.05) is 24.8 Å². The van der Waals surface area contributed by atoms with Crippen LogP contribution >= 0.6 is 0 Å². The minimum atomic E-state index is 0.244. The minimum Gasteiger partial charge on any atom is -0.493 e. The molecule has 0 aliphatic carbocycles. The molecule has 1 heterocycles. The van der Waals surface area contributed by atoms with Crippen LogP contribution in [0.15, 0.2) is 42.6 Å². The smallest absolute Gasteiger partial charge is 0.183 e. The van der Waals surface area contributed by atoms with Gasteiger partial charge in [0.05, 0.1) is 19.9 Å². The number of rotatable bonds is 6. The summed E-state index contributed by atoms with van der Waals surface area (Å²) in [6, 6.07) is 12.3. The summed E-state index contributed by atoms with van der Waals surface area (Å²) in [6.45, 7) is 2.75. The van der Waals surface area contributed by atoms with Crippen molar-refractivity contribution in [3.63, 3.8) is 0 Å². The first kappa shape index (κ1) is 14.3. The van der Waals surface area contributed by atoms with Gasteiger partial charge >= 0.3 is 0 Å². The number of methoxy groups -OCH3 is 2. The summed E-state index contributed by atoms with van der Waals surface area (Å²) < 4.78 is 10.7. The van der Waals surface area contributed by atoms with E-state index in [-0.39, 0.29) is 6.04 Å². The van der Waals surface area contributed by atoms with Crippen molar-refractivity contribution in [2.45, 2.75) is 19.5 Å². The summed E-state index contributed by atoms with van der Waals surface area (Å²) in [5.41, 5.74) is 2.09. The molecule has 106 valence electrons. The first-order chi connectivity index (χ1) is 9.76. The first-order valence-electron chi connectivity index (χ1n) is 6.60. The lowest BCUT2D eigenvalue weighted by atomic mass is 10.1. The maximum atomic E-state index is 5.38. The second-order valence-electron chi connectivity index (χ2n) is 4.51. The van der Waals surface area contributed by atoms with Crippen molar-refractivity contribution in [3.8, 4) is 11.5 Å². The Morgan fingerprint density at radius 3 is 2.50 bits per heavy atom. The summed E-state index contributed by atoms with van der Waals surface area (Å²) in [5.74, 6) is 1.38. The molecule has 0 saturated carbocycles. The van der Waals surface area contributed by atoms with E-state index < -0.39 is 0 Å². The number of ether oxygens (including phenoxy) is 2. The molecule has 0 bridgehead atoms. The van der Waals surface area contributed by atoms with Gasteiger partial charge in [0.25, 0.3) is 0 Å². The lowest BCUT2D eigenvalue weighted by Crippen LogP contribution is -2.19. The molecule has 0 aliphatic rings. The largest absolute Gasteiger partial charge is 0.493 e. The van der Waals surface area contributed by atoms with E-state index in [1.165, 1.54) is 5.56 Å². The molecule has 1 N–H and O–H groups in total. The van der Waals surface area contributed by atoms with Gasteiger partial charge in [0.2, 0.25) is 0 Å². The highest BCUT2D eigenvalue weighted by Gasteiger charge is 2.12. The zero-order valence-electron chi connectivity index (χ0n) is 12.1. The Labute approximate surface area is 119 Å². The molecule has 20 heavy (non-hydrogen) atoms. The van der Waals surface area contributed by atoms with Crippen LogP contribution in [-0.4, -0.2) is 19.2 Å². The molecule has 1 aromatic heterocycles. The Kier molecular flexibility index (Phi) is 4.96. The van der Waals surface area contributed by atoms with Crippen molar-refractivity contribution in [3.05, 3.63) is 53.9 Å². The number of hydrogen-bond acceptors (Lipinski definition) is 4. The monoisotopic (exact) mass is 272 g/mol. The molecule has 0 spiro atoms. The highest BCUT2D eigenvalue weighted by atomic mass is 16.5. The highest BCUT2D eigenvalue weighted by Crippen LogP contribution is 2.29. The van der Waals surface area contributed by atoms with Gasteiger partial charge in [-0.15, -0.1) is 0 Å². The predicted molar refractivity (Wildman–Crippen MR) is 79.0 cm³/mol. The molecule has 2 aromatic rings. The standard InChI is InChI=1S/C16H20N2O2/c1-12(13-7-5-4-6-8-13)18-11-14-16(20-3)15(19-2)9-10-17-14/h4-10,12,18H,11H2,1-3H3/t12-/m0/s1. The van der Waals surface area contributed by atoms with Gasteiger partial charge in [-0.2, -0.15) is 0 Å². The lowest BCUT2D eigenvalue weighted by Gasteiger charge is -2.16. The summed E-state index contributed by atoms with van der Waals surface area (Å²) >= 11 is 0. The van der Waals surface area contributed by atoms with Crippen molar-refractivity contribution >= 4 is 0 Å². The molecule has 0 amide bonds. The normalized spacial score (nSPS) is 11.9. The molecule has 0 fully saturated rings. The number of nitrogens with zero attached hydrogens (tertiary/aromatic N) is 1. The molecule has 2 rings (SSSR count). The van der Waals surface area contributed by atoms with Crippen molar-refractivity contribution in [2.24, 2.45) is 0 Å². The Bertz CT molecular complexity index is 543. The summed E-state index contributed by atoms with van der Waals surface area (Å²) in [4.78, 5) is 4.36. The Morgan fingerprint density at radius 2 is 1.85 bits per heavy atom. The van der Waals surface area contributed by atoms with Crippen LogP contribution in [0.1, 0.15) is 24.2 Å². The second kappa shape index (κ2) is 6.91. The Hall–Kier alpha value is -2.07. The minimum absolute atomic E-state index is 0.244. The average molecular weight is 272 g/mol. The molecule has 0 unspecified atom stereocenters. The van der Waals surface area contributed by atoms with E-state index in [1.54, 1.807) is 26.5 Å². The number of hydrogen-bond donors (Lipinski definition) is 1. The topological polar surface area (TPSA) is 43.4 Å². The molecule has 0 radical (unpaired) electrons. The third-order valence-electron chi connectivity index (χ3n) is 3.24. The Balaban J connectivity index is 2.07. The molecule has 0 saturated heterocycles. The Morgan fingerprint density at radius 1 is 1.10 bits per heavy atom. The van der Waals surface area contributed by atoms with Gasteiger partial charge in [0.15, 0.2) is 11.5 Å². The van der Waals surface area contributed by atoms with Gasteiger partial charge in [-0.25, -0.2) is 0 Å². The van der Waals surface area contributed by atoms with E-state index in [0.717, 1.165) is 5.69 Å². The fraction of sp³-hybridized carbons (Fsp3) is 0.312. The fourth-order valence-corrected chi connectivity index (χ4v) is 2.09. The van der Waals surface area contributed by atoms with E-state index in [4.69, 9.17) is 9.47 Å². The molecule has 0 aliphatic heterocycles. The van der Waals surface area contributed by atoms with Crippen LogP contribution in [-0.2, 0) is 6.54 Å².